The van der Waals surface area contributed by atoms with Crippen LogP contribution in [-0.2, 0) is 9.53 Å². The summed E-state index contributed by atoms with van der Waals surface area (Å²) in [6.07, 6.45) is -9.38. The Hall–Kier alpha value is -4.24. The van der Waals surface area contributed by atoms with Gasteiger partial charge in [-0.2, -0.15) is 0 Å². The SMILES string of the molecule is COc1c(O)cc2oc(-c3ccc(OC4OC(C(=O)O)C(O)C(O)C4O)c(O)c3)c(OC)c(=O)c2c1O. The van der Waals surface area contributed by atoms with Crippen LogP contribution >= 0.6 is 0 Å². The van der Waals surface area contributed by atoms with Gasteiger partial charge >= 0.3 is 5.97 Å². The molecule has 1 aromatic heterocycles. The molecule has 0 spiro atoms. The highest BCUT2D eigenvalue weighted by Crippen LogP contribution is 2.44. The molecule has 0 aliphatic carbocycles. The van der Waals surface area contributed by atoms with Gasteiger partial charge < -0.3 is 59.1 Å². The molecule has 14 nitrogen and oxygen atoms in total. The van der Waals surface area contributed by atoms with Crippen LogP contribution in [0.5, 0.6) is 34.5 Å². The van der Waals surface area contributed by atoms with Crippen molar-refractivity contribution in [2.45, 2.75) is 30.7 Å². The Balaban J connectivity index is 1.73. The number of aliphatic hydroxyl groups excluding tert-OH is 3. The van der Waals surface area contributed by atoms with E-state index in [2.05, 4.69) is 0 Å². The third-order valence-corrected chi connectivity index (χ3v) is 5.74. The first-order valence-corrected chi connectivity index (χ1v) is 10.6. The third kappa shape index (κ3) is 4.31. The second-order valence-electron chi connectivity index (χ2n) is 7.98. The van der Waals surface area contributed by atoms with E-state index >= 15 is 0 Å². The van der Waals surface area contributed by atoms with Crippen LogP contribution in [0, 0.1) is 0 Å². The molecule has 0 saturated carbocycles. The Bertz CT molecular complexity index is 1410. The first kappa shape index (κ1) is 25.8. The molecule has 0 bridgehead atoms. The van der Waals surface area contributed by atoms with Gasteiger partial charge in [0.1, 0.15) is 29.3 Å². The molecule has 37 heavy (non-hydrogen) atoms. The number of phenols is 3. The molecule has 198 valence electrons. The first-order valence-electron chi connectivity index (χ1n) is 10.6. The minimum atomic E-state index is -1.93. The van der Waals surface area contributed by atoms with Crippen molar-refractivity contribution in [3.05, 3.63) is 34.5 Å². The summed E-state index contributed by atoms with van der Waals surface area (Å²) in [5, 5.41) is 69.6. The monoisotopic (exact) mass is 522 g/mol. The number of aliphatic carboxylic acids is 1. The predicted octanol–water partition coefficient (Wildman–Crippen LogP) is -0.135. The zero-order chi connectivity index (χ0) is 27.2. The van der Waals surface area contributed by atoms with Crippen molar-refractivity contribution in [1.82, 2.24) is 0 Å². The van der Waals surface area contributed by atoms with Crippen molar-refractivity contribution in [2.75, 3.05) is 14.2 Å². The van der Waals surface area contributed by atoms with Gasteiger partial charge in [-0.05, 0) is 18.2 Å². The highest BCUT2D eigenvalue weighted by atomic mass is 16.7. The van der Waals surface area contributed by atoms with E-state index < -0.39 is 59.4 Å². The molecule has 2 aromatic carbocycles. The number of carboxylic acid groups (broad SMARTS) is 1. The molecule has 3 aromatic rings. The lowest BCUT2D eigenvalue weighted by Crippen LogP contribution is -2.61. The average molecular weight is 522 g/mol. The van der Waals surface area contributed by atoms with Crippen LogP contribution < -0.4 is 19.6 Å². The molecular formula is C23H22O14. The largest absolute Gasteiger partial charge is 0.504 e. The predicted molar refractivity (Wildman–Crippen MR) is 121 cm³/mol. The first-order chi connectivity index (χ1) is 17.5. The van der Waals surface area contributed by atoms with Crippen molar-refractivity contribution in [1.29, 1.82) is 0 Å². The van der Waals surface area contributed by atoms with Crippen LogP contribution in [0.4, 0.5) is 0 Å². The number of hydrogen-bond acceptors (Lipinski definition) is 13. The van der Waals surface area contributed by atoms with Crippen LogP contribution in [0.2, 0.25) is 0 Å². The fourth-order valence-electron chi connectivity index (χ4n) is 3.90. The number of ether oxygens (including phenoxy) is 4. The number of carboxylic acids is 1. The summed E-state index contributed by atoms with van der Waals surface area (Å²) in [4.78, 5) is 24.3. The van der Waals surface area contributed by atoms with Crippen LogP contribution in [0.1, 0.15) is 0 Å². The standard InChI is InChI=1S/C23H22O14/c1-33-19-9(25)6-11-12(13(19)26)14(27)20(34-2)18(35-11)7-3-4-10(8(24)5-7)36-23-17(30)15(28)16(29)21(37-23)22(31)32/h3-6,15-17,21,23-26,28-30H,1-2H3,(H,31,32). The van der Waals surface area contributed by atoms with Crippen LogP contribution in [0.15, 0.2) is 33.5 Å². The summed E-state index contributed by atoms with van der Waals surface area (Å²) in [6, 6.07) is 4.61. The zero-order valence-electron chi connectivity index (χ0n) is 19.2. The van der Waals surface area contributed by atoms with E-state index in [1.54, 1.807) is 0 Å². The van der Waals surface area contributed by atoms with Crippen molar-refractivity contribution in [2.24, 2.45) is 0 Å². The fourth-order valence-corrected chi connectivity index (χ4v) is 3.90. The molecule has 1 saturated heterocycles. The molecule has 2 heterocycles. The molecule has 5 atom stereocenters. The Morgan fingerprint density at radius 1 is 0.919 bits per heavy atom. The fraction of sp³-hybridized carbons (Fsp3) is 0.304. The molecule has 7 N–H and O–H groups in total. The van der Waals surface area contributed by atoms with E-state index in [1.165, 1.54) is 26.4 Å². The quantitative estimate of drug-likeness (QED) is 0.224. The number of fused-ring (bicyclic) bond motifs is 1. The average Bonchev–Trinajstić information content (AvgIpc) is 2.84. The number of aliphatic hydroxyl groups is 3. The third-order valence-electron chi connectivity index (χ3n) is 5.74. The highest BCUT2D eigenvalue weighted by Gasteiger charge is 2.48. The van der Waals surface area contributed by atoms with Gasteiger partial charge in [0.15, 0.2) is 34.9 Å². The Morgan fingerprint density at radius 2 is 1.59 bits per heavy atom. The zero-order valence-corrected chi connectivity index (χ0v) is 19.2. The minimum Gasteiger partial charge on any atom is -0.504 e. The van der Waals surface area contributed by atoms with E-state index in [1.807, 2.05) is 0 Å². The molecule has 5 unspecified atom stereocenters. The number of hydrogen-bond donors (Lipinski definition) is 7. The molecule has 14 heteroatoms. The minimum absolute atomic E-state index is 0.0829. The van der Waals surface area contributed by atoms with Crippen molar-refractivity contribution >= 4 is 16.9 Å². The Morgan fingerprint density at radius 3 is 2.19 bits per heavy atom. The maximum absolute atomic E-state index is 13.0. The highest BCUT2D eigenvalue weighted by molar-refractivity contribution is 5.91. The molecule has 1 fully saturated rings. The summed E-state index contributed by atoms with van der Waals surface area (Å²) in [7, 11) is 2.36. The van der Waals surface area contributed by atoms with Gasteiger partial charge in [-0.25, -0.2) is 4.79 Å². The van der Waals surface area contributed by atoms with Crippen LogP contribution in [0.3, 0.4) is 0 Å². The summed E-state index contributed by atoms with van der Waals surface area (Å²) in [6.45, 7) is 0. The summed E-state index contributed by atoms with van der Waals surface area (Å²) in [5.41, 5.74) is -0.942. The lowest BCUT2D eigenvalue weighted by atomic mass is 9.99. The summed E-state index contributed by atoms with van der Waals surface area (Å²) >= 11 is 0. The van der Waals surface area contributed by atoms with E-state index in [9.17, 15) is 40.2 Å². The van der Waals surface area contributed by atoms with Gasteiger partial charge in [0.05, 0.1) is 14.2 Å². The maximum atomic E-state index is 13.0. The van der Waals surface area contributed by atoms with Crippen molar-refractivity contribution < 1.29 is 63.9 Å². The van der Waals surface area contributed by atoms with E-state index in [0.29, 0.717) is 0 Å². The number of phenolic OH excluding ortho intramolecular Hbond substituents is 3. The lowest BCUT2D eigenvalue weighted by molar-refractivity contribution is -0.271. The summed E-state index contributed by atoms with van der Waals surface area (Å²) < 4.78 is 26.1. The number of benzene rings is 2. The van der Waals surface area contributed by atoms with E-state index in [0.717, 1.165) is 12.1 Å². The second-order valence-corrected chi connectivity index (χ2v) is 7.98. The molecule has 1 aliphatic heterocycles. The topological polar surface area (TPSA) is 226 Å². The molecule has 1 aliphatic rings. The lowest BCUT2D eigenvalue weighted by Gasteiger charge is -2.38. The number of rotatable bonds is 6. The summed E-state index contributed by atoms with van der Waals surface area (Å²) in [5.74, 6) is -4.56. The van der Waals surface area contributed by atoms with E-state index in [4.69, 9.17) is 28.5 Å². The molecule has 4 rings (SSSR count). The smallest absolute Gasteiger partial charge is 0.335 e. The van der Waals surface area contributed by atoms with Crippen LogP contribution in [-0.4, -0.2) is 86.6 Å². The van der Waals surface area contributed by atoms with Crippen LogP contribution in [0.25, 0.3) is 22.3 Å². The van der Waals surface area contributed by atoms with Crippen molar-refractivity contribution in [3.63, 3.8) is 0 Å². The molecule has 0 amide bonds. The Labute approximate surface area is 206 Å². The number of aromatic hydroxyl groups is 3. The number of carbonyl (C=O) groups is 1. The van der Waals surface area contributed by atoms with Gasteiger partial charge in [-0.15, -0.1) is 0 Å². The van der Waals surface area contributed by atoms with Gasteiger partial charge in [0.2, 0.25) is 23.2 Å². The van der Waals surface area contributed by atoms with Gasteiger partial charge in [0.25, 0.3) is 0 Å². The van der Waals surface area contributed by atoms with E-state index in [-0.39, 0.29) is 39.5 Å². The molecular weight excluding hydrogens is 500 g/mol. The van der Waals surface area contributed by atoms with Gasteiger partial charge in [-0.3, -0.25) is 4.79 Å². The van der Waals surface area contributed by atoms with Crippen molar-refractivity contribution in [3.8, 4) is 45.8 Å². The normalized spacial score (nSPS) is 23.5. The molecule has 0 radical (unpaired) electrons. The van der Waals surface area contributed by atoms with Gasteiger partial charge in [-0.1, -0.05) is 0 Å². The van der Waals surface area contributed by atoms with Gasteiger partial charge in [0, 0.05) is 11.6 Å². The second kappa shape index (κ2) is 9.67. The Kier molecular flexibility index (Phi) is 6.75. The maximum Gasteiger partial charge on any atom is 0.335 e. The number of methoxy groups -OCH3 is 2.